The maximum absolute atomic E-state index is 16.1. The molecular weight excluding hydrogens is 429 g/mol. The third-order valence-corrected chi connectivity index (χ3v) is 6.26. The SMILES string of the molecule is [2H]C1([2H])N(CC2CCNCC2)C([2H])([2H])C([2H])([2H])N(c2ccc3c(c2F)C(=O)N(C2CCC(=O)NC2=O)C3=O)C1([2H])[2H]. The minimum atomic E-state index is -3.38. The maximum Gasteiger partial charge on any atom is 0.265 e. The van der Waals surface area contributed by atoms with Crippen LogP contribution in [0, 0.1) is 11.7 Å². The van der Waals surface area contributed by atoms with Gasteiger partial charge in [0.05, 0.1) is 22.3 Å². The number of hydrogen-bond acceptors (Lipinski definition) is 7. The van der Waals surface area contributed by atoms with Crippen LogP contribution in [0.2, 0.25) is 0 Å². The molecule has 9 nitrogen and oxygen atoms in total. The Morgan fingerprint density at radius 2 is 1.73 bits per heavy atom. The van der Waals surface area contributed by atoms with Gasteiger partial charge in [0.1, 0.15) is 6.04 Å². The van der Waals surface area contributed by atoms with Gasteiger partial charge in [0, 0.05) is 44.4 Å². The van der Waals surface area contributed by atoms with Crippen LogP contribution in [0.3, 0.4) is 0 Å². The Morgan fingerprint density at radius 3 is 2.42 bits per heavy atom. The highest BCUT2D eigenvalue weighted by Gasteiger charge is 2.46. The van der Waals surface area contributed by atoms with Gasteiger partial charge >= 0.3 is 0 Å². The molecule has 2 N–H and O–H groups in total. The summed E-state index contributed by atoms with van der Waals surface area (Å²) in [7, 11) is 0. The van der Waals surface area contributed by atoms with Crippen LogP contribution in [0.15, 0.2) is 12.1 Å². The third kappa shape index (κ3) is 4.02. The number of amides is 4. The van der Waals surface area contributed by atoms with E-state index >= 15 is 4.39 Å². The van der Waals surface area contributed by atoms with Crippen molar-refractivity contribution < 1.29 is 34.5 Å². The average molecular weight is 466 g/mol. The average Bonchev–Trinajstić information content (AvgIpc) is 3.13. The lowest BCUT2D eigenvalue weighted by atomic mass is 9.97. The first kappa shape index (κ1) is 14.4. The van der Waals surface area contributed by atoms with E-state index in [0.717, 1.165) is 12.1 Å². The van der Waals surface area contributed by atoms with E-state index in [2.05, 4.69) is 5.32 Å². The van der Waals surface area contributed by atoms with E-state index in [0.29, 0.717) is 35.7 Å². The lowest BCUT2D eigenvalue weighted by Crippen LogP contribution is -2.54. The monoisotopic (exact) mass is 465 g/mol. The number of carbonyl (C=O) groups excluding carboxylic acids is 4. The van der Waals surface area contributed by atoms with Gasteiger partial charge in [-0.05, 0) is 50.4 Å². The molecule has 1 aromatic carbocycles. The zero-order valence-corrected chi connectivity index (χ0v) is 17.6. The summed E-state index contributed by atoms with van der Waals surface area (Å²) in [5.41, 5.74) is -2.35. The van der Waals surface area contributed by atoms with Crippen LogP contribution in [-0.2, 0) is 9.59 Å². The Bertz CT molecular complexity index is 1310. The van der Waals surface area contributed by atoms with Crippen molar-refractivity contribution in [1.29, 1.82) is 0 Å². The zero-order chi connectivity index (χ0) is 30.3. The number of benzene rings is 1. The van der Waals surface area contributed by atoms with Gasteiger partial charge in [-0.3, -0.25) is 34.3 Å². The van der Waals surface area contributed by atoms with E-state index in [1.165, 1.54) is 0 Å². The highest BCUT2D eigenvalue weighted by Crippen LogP contribution is 2.34. The van der Waals surface area contributed by atoms with Crippen molar-refractivity contribution in [2.75, 3.05) is 50.5 Å². The fourth-order valence-electron chi connectivity index (χ4n) is 4.49. The fraction of sp³-hybridized carbons (Fsp3) is 0.565. The second-order valence-electron chi connectivity index (χ2n) is 8.36. The molecule has 0 spiro atoms. The molecule has 3 saturated heterocycles. The predicted octanol–water partition coefficient (Wildman–Crippen LogP) is 0.349. The normalized spacial score (nSPS) is 34.6. The van der Waals surface area contributed by atoms with Crippen LogP contribution in [-0.4, -0.2) is 85.1 Å². The molecule has 176 valence electrons. The van der Waals surface area contributed by atoms with Crippen molar-refractivity contribution in [2.24, 2.45) is 5.92 Å². The van der Waals surface area contributed by atoms with Crippen molar-refractivity contribution in [3.05, 3.63) is 29.1 Å². The molecule has 4 aliphatic rings. The summed E-state index contributed by atoms with van der Waals surface area (Å²) < 4.78 is 85.4. The molecule has 4 aliphatic heterocycles. The van der Waals surface area contributed by atoms with Crippen LogP contribution in [0.5, 0.6) is 0 Å². The molecule has 5 rings (SSSR count). The fourth-order valence-corrected chi connectivity index (χ4v) is 4.49. The molecular formula is C23H28FN5O4. The summed E-state index contributed by atoms with van der Waals surface area (Å²) in [5, 5.41) is 5.13. The minimum Gasteiger partial charge on any atom is -0.367 e. The Balaban J connectivity index is 1.57. The molecule has 1 unspecified atom stereocenters. The number of nitrogens with zero attached hydrogens (tertiary/aromatic N) is 3. The molecule has 0 bridgehead atoms. The number of halogens is 1. The number of anilines is 1. The standard InChI is InChI=1S/C23H28FN5O4/c24-20-16(28-11-9-27(10-12-28)13-14-5-7-25-8-6-14)2-1-15-19(20)23(33)29(22(15)32)17-3-4-18(30)26-21(17)31/h1-2,14,17,25H,3-13H2,(H,26,30,31)/i9D2,10D2,11D2,12D2. The Hall–Kier alpha value is -2.85. The number of fused-ring (bicyclic) bond motifs is 1. The third-order valence-electron chi connectivity index (χ3n) is 6.26. The summed E-state index contributed by atoms with van der Waals surface area (Å²) in [4.78, 5) is 51.2. The summed E-state index contributed by atoms with van der Waals surface area (Å²) in [6.07, 6.45) is 0.703. The molecule has 1 atom stereocenters. The smallest absolute Gasteiger partial charge is 0.265 e. The minimum absolute atomic E-state index is 0.0148. The van der Waals surface area contributed by atoms with Gasteiger partial charge < -0.3 is 10.2 Å². The molecule has 0 saturated carbocycles. The second kappa shape index (κ2) is 8.83. The number of imide groups is 2. The first-order valence-corrected chi connectivity index (χ1v) is 10.8. The largest absolute Gasteiger partial charge is 0.367 e. The Morgan fingerprint density at radius 1 is 1.00 bits per heavy atom. The molecule has 0 aromatic heterocycles. The van der Waals surface area contributed by atoms with Gasteiger partial charge in [0.25, 0.3) is 11.8 Å². The number of rotatable bonds is 4. The zero-order valence-electron chi connectivity index (χ0n) is 25.6. The molecule has 4 amide bonds. The Kier molecular flexibility index (Phi) is 3.86. The van der Waals surface area contributed by atoms with E-state index in [1.54, 1.807) is 0 Å². The Labute approximate surface area is 202 Å². The topological polar surface area (TPSA) is 102 Å². The van der Waals surface area contributed by atoms with E-state index < -0.39 is 78.3 Å². The summed E-state index contributed by atoms with van der Waals surface area (Å²) in [5.74, 6) is -5.68. The number of carbonyl (C=O) groups is 4. The van der Waals surface area contributed by atoms with Gasteiger partial charge in [-0.1, -0.05) is 0 Å². The molecule has 1 aromatic rings. The van der Waals surface area contributed by atoms with E-state index in [1.807, 2.05) is 5.32 Å². The number of hydrogen-bond donors (Lipinski definition) is 2. The molecule has 0 aliphatic carbocycles. The second-order valence-corrected chi connectivity index (χ2v) is 8.36. The number of piperidine rings is 2. The summed E-state index contributed by atoms with van der Waals surface area (Å²) in [6.45, 7) is -12.3. The van der Waals surface area contributed by atoms with Crippen molar-refractivity contribution in [3.63, 3.8) is 0 Å². The van der Waals surface area contributed by atoms with Gasteiger partial charge in [-0.2, -0.15) is 0 Å². The lowest BCUT2D eigenvalue weighted by molar-refractivity contribution is -0.136. The molecule has 3 fully saturated rings. The first-order chi connectivity index (χ1) is 19.0. The first-order valence-electron chi connectivity index (χ1n) is 14.8. The van der Waals surface area contributed by atoms with Gasteiger partial charge in [0.2, 0.25) is 11.8 Å². The lowest BCUT2D eigenvalue weighted by Gasteiger charge is -2.38. The maximum atomic E-state index is 16.1. The van der Waals surface area contributed by atoms with Crippen LogP contribution in [0.1, 0.15) is 57.4 Å². The van der Waals surface area contributed by atoms with Crippen LogP contribution < -0.4 is 15.5 Å². The molecule has 4 heterocycles. The predicted molar refractivity (Wildman–Crippen MR) is 117 cm³/mol. The van der Waals surface area contributed by atoms with Crippen molar-refractivity contribution in [1.82, 2.24) is 20.4 Å². The van der Waals surface area contributed by atoms with Gasteiger partial charge in [-0.25, -0.2) is 4.39 Å². The van der Waals surface area contributed by atoms with E-state index in [-0.39, 0.29) is 30.2 Å². The summed E-state index contributed by atoms with van der Waals surface area (Å²) in [6, 6.07) is 0.304. The highest BCUT2D eigenvalue weighted by molar-refractivity contribution is 6.24. The quantitative estimate of drug-likeness (QED) is 0.619. The molecule has 10 heteroatoms. The van der Waals surface area contributed by atoms with Crippen molar-refractivity contribution in [3.8, 4) is 0 Å². The van der Waals surface area contributed by atoms with E-state index in [9.17, 15) is 19.2 Å². The van der Waals surface area contributed by atoms with Gasteiger partial charge in [0.15, 0.2) is 5.82 Å². The molecule has 0 radical (unpaired) electrons. The number of piperazine rings is 1. The summed E-state index contributed by atoms with van der Waals surface area (Å²) >= 11 is 0. The number of nitrogens with one attached hydrogen (secondary N) is 2. The van der Waals surface area contributed by atoms with Crippen molar-refractivity contribution >= 4 is 29.3 Å². The van der Waals surface area contributed by atoms with Crippen LogP contribution in [0.4, 0.5) is 10.1 Å². The highest BCUT2D eigenvalue weighted by atomic mass is 19.1. The van der Waals surface area contributed by atoms with Crippen molar-refractivity contribution in [2.45, 2.75) is 31.7 Å². The molecule has 33 heavy (non-hydrogen) atoms. The van der Waals surface area contributed by atoms with Crippen LogP contribution >= 0.6 is 0 Å². The van der Waals surface area contributed by atoms with E-state index in [4.69, 9.17) is 11.0 Å². The van der Waals surface area contributed by atoms with Crippen LogP contribution in [0.25, 0.3) is 0 Å². The van der Waals surface area contributed by atoms with Gasteiger partial charge in [-0.15, -0.1) is 0 Å².